The van der Waals surface area contributed by atoms with Crippen molar-refractivity contribution in [2.24, 2.45) is 0 Å². The summed E-state index contributed by atoms with van der Waals surface area (Å²) in [7, 11) is 0. The van der Waals surface area contributed by atoms with Gasteiger partial charge in [0.2, 0.25) is 5.82 Å². The Morgan fingerprint density at radius 1 is 1.20 bits per heavy atom. The van der Waals surface area contributed by atoms with Crippen molar-refractivity contribution in [2.45, 2.75) is 17.6 Å². The fraction of sp³-hybridized carbons (Fsp3) is 0.188. The molecule has 2 aromatic heterocycles. The number of hydrogen-bond acceptors (Lipinski definition) is 5. The molecule has 0 aliphatic rings. The molecule has 0 bridgehead atoms. The van der Waals surface area contributed by atoms with Gasteiger partial charge in [0.25, 0.3) is 5.56 Å². The molecule has 0 unspecified atom stereocenters. The van der Waals surface area contributed by atoms with Crippen molar-refractivity contribution in [3.63, 3.8) is 0 Å². The Morgan fingerprint density at radius 3 is 2.48 bits per heavy atom. The molecule has 0 radical (unpaired) electrons. The van der Waals surface area contributed by atoms with Crippen LogP contribution in [0.4, 0.5) is 13.2 Å². The zero-order chi connectivity index (χ0) is 18.0. The predicted molar refractivity (Wildman–Crippen MR) is 86.3 cm³/mol. The second-order valence-corrected chi connectivity index (χ2v) is 6.03. The Kier molecular flexibility index (Phi) is 4.67. The number of nitrogens with zero attached hydrogens (tertiary/aromatic N) is 3. The van der Waals surface area contributed by atoms with Gasteiger partial charge in [-0.05, 0) is 30.0 Å². The Balaban J connectivity index is 1.83. The molecule has 1 aromatic carbocycles. The summed E-state index contributed by atoms with van der Waals surface area (Å²) in [6.45, 7) is 0.355. The van der Waals surface area contributed by atoms with Crippen molar-refractivity contribution in [3.8, 4) is 11.4 Å². The fourth-order valence-corrected chi connectivity index (χ4v) is 2.57. The van der Waals surface area contributed by atoms with E-state index < -0.39 is 12.1 Å². The van der Waals surface area contributed by atoms with E-state index in [4.69, 9.17) is 0 Å². The second kappa shape index (κ2) is 6.75. The van der Waals surface area contributed by atoms with Crippen LogP contribution in [-0.4, -0.2) is 21.0 Å². The highest BCUT2D eigenvalue weighted by Gasteiger charge is 2.38. The smallest absolute Gasteiger partial charge is 0.329 e. The number of alkyl halides is 3. The number of hydrogen-bond donors (Lipinski definition) is 0. The number of aromatic nitrogens is 3. The lowest BCUT2D eigenvalue weighted by atomic mass is 10.2. The summed E-state index contributed by atoms with van der Waals surface area (Å²) in [6.07, 6.45) is -1.26. The Morgan fingerprint density at radius 2 is 1.92 bits per heavy atom. The van der Waals surface area contributed by atoms with Crippen molar-refractivity contribution < 1.29 is 17.7 Å². The van der Waals surface area contributed by atoms with Crippen molar-refractivity contribution in [1.29, 1.82) is 0 Å². The van der Waals surface area contributed by atoms with Crippen LogP contribution < -0.4 is 5.56 Å². The summed E-state index contributed by atoms with van der Waals surface area (Å²) in [4.78, 5) is 16.6. The molecule has 0 aliphatic heterocycles. The molecule has 5 nitrogen and oxygen atoms in total. The maximum Gasteiger partial charge on any atom is 0.471 e. The minimum Gasteiger partial charge on any atom is -0.329 e. The molecule has 25 heavy (non-hydrogen) atoms. The van der Waals surface area contributed by atoms with Crippen LogP contribution in [0.5, 0.6) is 0 Å². The van der Waals surface area contributed by atoms with Crippen LogP contribution in [-0.2, 0) is 12.7 Å². The Bertz CT molecular complexity index is 933. The monoisotopic (exact) mass is 367 g/mol. The zero-order valence-electron chi connectivity index (χ0n) is 12.9. The van der Waals surface area contributed by atoms with Gasteiger partial charge in [-0.15, -0.1) is 11.8 Å². The summed E-state index contributed by atoms with van der Waals surface area (Å²) in [5.74, 6) is -1.72. The van der Waals surface area contributed by atoms with Crippen LogP contribution in [0.15, 0.2) is 56.8 Å². The SMILES string of the molecule is CSc1ccc(Cn2ccc(-c3noc(C(F)(F)F)n3)cc2=O)cc1. The molecular weight excluding hydrogens is 355 g/mol. The highest BCUT2D eigenvalue weighted by molar-refractivity contribution is 7.98. The van der Waals surface area contributed by atoms with Crippen LogP contribution in [0.2, 0.25) is 0 Å². The molecule has 130 valence electrons. The molecule has 0 atom stereocenters. The van der Waals surface area contributed by atoms with E-state index in [1.165, 1.54) is 22.9 Å². The van der Waals surface area contributed by atoms with E-state index in [2.05, 4.69) is 14.7 Å². The lowest BCUT2D eigenvalue weighted by Crippen LogP contribution is -2.19. The zero-order valence-corrected chi connectivity index (χ0v) is 13.8. The average Bonchev–Trinajstić information content (AvgIpc) is 3.08. The molecule has 0 aliphatic carbocycles. The average molecular weight is 367 g/mol. The Labute approximate surface area is 144 Å². The van der Waals surface area contributed by atoms with Gasteiger partial charge in [-0.3, -0.25) is 4.79 Å². The minimum atomic E-state index is -4.72. The molecule has 0 fully saturated rings. The second-order valence-electron chi connectivity index (χ2n) is 5.15. The van der Waals surface area contributed by atoms with Crippen molar-refractivity contribution in [1.82, 2.24) is 14.7 Å². The standard InChI is InChI=1S/C16H12F3N3O2S/c1-25-12-4-2-10(3-5-12)9-22-7-6-11(8-13(22)23)14-20-15(24-21-14)16(17,18)19/h2-8H,9H2,1H3. The highest BCUT2D eigenvalue weighted by atomic mass is 32.2. The first-order valence-electron chi connectivity index (χ1n) is 7.11. The van der Waals surface area contributed by atoms with Gasteiger partial charge >= 0.3 is 12.1 Å². The molecule has 0 N–H and O–H groups in total. The molecular formula is C16H12F3N3O2S. The maximum atomic E-state index is 12.5. The van der Waals surface area contributed by atoms with Crippen LogP contribution >= 0.6 is 11.8 Å². The third kappa shape index (κ3) is 3.93. The van der Waals surface area contributed by atoms with Crippen molar-refractivity contribution in [2.75, 3.05) is 6.26 Å². The van der Waals surface area contributed by atoms with Gasteiger partial charge in [-0.1, -0.05) is 17.3 Å². The van der Waals surface area contributed by atoms with E-state index in [-0.39, 0.29) is 16.9 Å². The Hall–Kier alpha value is -2.55. The van der Waals surface area contributed by atoms with Gasteiger partial charge in [0.05, 0.1) is 6.54 Å². The molecule has 3 aromatic rings. The van der Waals surface area contributed by atoms with E-state index in [0.717, 1.165) is 10.5 Å². The van der Waals surface area contributed by atoms with E-state index in [1.54, 1.807) is 11.8 Å². The van der Waals surface area contributed by atoms with Crippen LogP contribution in [0.3, 0.4) is 0 Å². The molecule has 0 saturated heterocycles. The first-order chi connectivity index (χ1) is 11.9. The lowest BCUT2D eigenvalue weighted by molar-refractivity contribution is -0.159. The summed E-state index contributed by atoms with van der Waals surface area (Å²) in [5, 5.41) is 3.27. The highest BCUT2D eigenvalue weighted by Crippen LogP contribution is 2.29. The van der Waals surface area contributed by atoms with Gasteiger partial charge < -0.3 is 9.09 Å². The molecule has 9 heteroatoms. The molecule has 2 heterocycles. The normalized spacial score (nSPS) is 11.7. The van der Waals surface area contributed by atoms with Gasteiger partial charge in [-0.2, -0.15) is 18.2 Å². The summed E-state index contributed by atoms with van der Waals surface area (Å²) in [5.41, 5.74) is 0.731. The maximum absolute atomic E-state index is 12.5. The fourth-order valence-electron chi connectivity index (χ4n) is 2.16. The quantitative estimate of drug-likeness (QED) is 0.658. The minimum absolute atomic E-state index is 0.165. The molecule has 0 saturated carbocycles. The number of thioether (sulfide) groups is 1. The van der Waals surface area contributed by atoms with Crippen LogP contribution in [0, 0.1) is 0 Å². The van der Waals surface area contributed by atoms with E-state index in [1.807, 2.05) is 30.5 Å². The summed E-state index contributed by atoms with van der Waals surface area (Å²) in [6, 6.07) is 10.4. The van der Waals surface area contributed by atoms with Gasteiger partial charge in [0.1, 0.15) is 0 Å². The number of benzene rings is 1. The van der Waals surface area contributed by atoms with Crippen LogP contribution in [0.1, 0.15) is 11.5 Å². The molecule has 0 spiro atoms. The summed E-state index contributed by atoms with van der Waals surface area (Å²) >= 11 is 1.62. The topological polar surface area (TPSA) is 60.9 Å². The number of pyridine rings is 1. The van der Waals surface area contributed by atoms with E-state index >= 15 is 0 Å². The van der Waals surface area contributed by atoms with Gasteiger partial charge in [0, 0.05) is 22.7 Å². The first kappa shape index (κ1) is 17.3. The largest absolute Gasteiger partial charge is 0.471 e. The number of halogens is 3. The molecule has 0 amide bonds. The van der Waals surface area contributed by atoms with Crippen LogP contribution in [0.25, 0.3) is 11.4 Å². The van der Waals surface area contributed by atoms with Crippen molar-refractivity contribution >= 4 is 11.8 Å². The predicted octanol–water partition coefficient (Wildman–Crippen LogP) is 3.69. The first-order valence-corrected chi connectivity index (χ1v) is 8.34. The third-order valence-electron chi connectivity index (χ3n) is 3.43. The third-order valence-corrected chi connectivity index (χ3v) is 4.18. The summed E-state index contributed by atoms with van der Waals surface area (Å²) < 4.78 is 43.1. The van der Waals surface area contributed by atoms with E-state index in [9.17, 15) is 18.0 Å². The molecule has 3 rings (SSSR count). The van der Waals surface area contributed by atoms with Gasteiger partial charge in [-0.25, -0.2) is 0 Å². The number of rotatable bonds is 4. The lowest BCUT2D eigenvalue weighted by Gasteiger charge is -2.07. The van der Waals surface area contributed by atoms with E-state index in [0.29, 0.717) is 6.54 Å². The van der Waals surface area contributed by atoms with Crippen molar-refractivity contribution in [3.05, 3.63) is 64.4 Å². The van der Waals surface area contributed by atoms with Gasteiger partial charge in [0.15, 0.2) is 0 Å².